The van der Waals surface area contributed by atoms with Gasteiger partial charge in [-0.2, -0.15) is 13.2 Å². The van der Waals surface area contributed by atoms with Gasteiger partial charge in [0, 0.05) is 44.8 Å². The minimum atomic E-state index is -4.56. The Morgan fingerprint density at radius 1 is 1.46 bits per heavy atom. The summed E-state index contributed by atoms with van der Waals surface area (Å²) >= 11 is 0. The van der Waals surface area contributed by atoms with E-state index in [0.29, 0.717) is 26.2 Å². The number of rotatable bonds is 4. The third-order valence-electron chi connectivity index (χ3n) is 4.71. The van der Waals surface area contributed by atoms with Crippen molar-refractivity contribution in [1.82, 2.24) is 14.9 Å². The number of alkyl halides is 3. The van der Waals surface area contributed by atoms with Crippen LogP contribution in [0.4, 0.5) is 19.1 Å². The fourth-order valence-electron chi connectivity index (χ4n) is 3.60. The standard InChI is InChI=1S/C15H17F3N4O2/c1-2-5-21-6-10-7-22(9-14(10,8-21)12(23)24)13-19-4-3-11(20-13)15(16,17)18/h2-4,10H,1,5-9H2,(H,23,24)/t10-,14-/m0/s1. The van der Waals surface area contributed by atoms with Crippen molar-refractivity contribution in [2.75, 3.05) is 37.6 Å². The molecular weight excluding hydrogens is 325 g/mol. The fraction of sp³-hybridized carbons (Fsp3) is 0.533. The molecule has 6 nitrogen and oxygen atoms in total. The number of carboxylic acids is 1. The van der Waals surface area contributed by atoms with Crippen molar-refractivity contribution in [1.29, 1.82) is 0 Å². The van der Waals surface area contributed by atoms with Gasteiger partial charge < -0.3 is 10.0 Å². The molecule has 9 heteroatoms. The van der Waals surface area contributed by atoms with Crippen molar-refractivity contribution < 1.29 is 23.1 Å². The van der Waals surface area contributed by atoms with E-state index < -0.39 is 23.3 Å². The number of carbonyl (C=O) groups is 1. The van der Waals surface area contributed by atoms with Gasteiger partial charge in [0.05, 0.1) is 0 Å². The highest BCUT2D eigenvalue weighted by Crippen LogP contribution is 2.43. The first-order chi connectivity index (χ1) is 11.3. The molecule has 130 valence electrons. The van der Waals surface area contributed by atoms with E-state index in [9.17, 15) is 23.1 Å². The topological polar surface area (TPSA) is 69.6 Å². The molecule has 0 unspecified atom stereocenters. The predicted molar refractivity (Wildman–Crippen MR) is 79.4 cm³/mol. The molecule has 2 aliphatic rings. The first kappa shape index (κ1) is 16.7. The molecule has 1 aromatic heterocycles. The van der Waals surface area contributed by atoms with Crippen LogP contribution in [0.2, 0.25) is 0 Å². The second kappa shape index (κ2) is 5.73. The molecule has 3 heterocycles. The number of halogens is 3. The third kappa shape index (κ3) is 2.72. The summed E-state index contributed by atoms with van der Waals surface area (Å²) in [6.07, 6.45) is -1.79. The van der Waals surface area contributed by atoms with Crippen molar-refractivity contribution in [2.24, 2.45) is 11.3 Å². The third-order valence-corrected chi connectivity index (χ3v) is 4.71. The van der Waals surface area contributed by atoms with Crippen LogP contribution in [-0.2, 0) is 11.0 Å². The van der Waals surface area contributed by atoms with Crippen molar-refractivity contribution in [2.45, 2.75) is 6.18 Å². The zero-order valence-corrected chi connectivity index (χ0v) is 12.8. The summed E-state index contributed by atoms with van der Waals surface area (Å²) in [5.41, 5.74) is -2.04. The van der Waals surface area contributed by atoms with Crippen molar-refractivity contribution in [3.05, 3.63) is 30.6 Å². The number of likely N-dealkylation sites (tertiary alicyclic amines) is 1. The summed E-state index contributed by atoms with van der Waals surface area (Å²) in [6, 6.07) is 0.805. The maximum absolute atomic E-state index is 12.8. The second-order valence-corrected chi connectivity index (χ2v) is 6.26. The summed E-state index contributed by atoms with van der Waals surface area (Å²) in [4.78, 5) is 22.9. The lowest BCUT2D eigenvalue weighted by Gasteiger charge is -2.25. The van der Waals surface area contributed by atoms with Gasteiger partial charge in [0.2, 0.25) is 5.95 Å². The van der Waals surface area contributed by atoms with Crippen LogP contribution in [0.15, 0.2) is 24.9 Å². The van der Waals surface area contributed by atoms with Gasteiger partial charge in [-0.1, -0.05) is 6.08 Å². The van der Waals surface area contributed by atoms with Gasteiger partial charge >= 0.3 is 12.1 Å². The average Bonchev–Trinajstić information content (AvgIpc) is 3.02. The van der Waals surface area contributed by atoms with Crippen LogP contribution >= 0.6 is 0 Å². The Labute approximate surface area is 136 Å². The number of aliphatic carboxylic acids is 1. The van der Waals surface area contributed by atoms with E-state index in [4.69, 9.17) is 0 Å². The minimum Gasteiger partial charge on any atom is -0.481 e. The molecule has 0 bridgehead atoms. The van der Waals surface area contributed by atoms with Gasteiger partial charge in [-0.15, -0.1) is 6.58 Å². The Hall–Kier alpha value is -2.16. The van der Waals surface area contributed by atoms with Gasteiger partial charge in [0.1, 0.15) is 11.1 Å². The first-order valence-electron chi connectivity index (χ1n) is 7.48. The largest absolute Gasteiger partial charge is 0.481 e. The molecule has 1 aromatic rings. The van der Waals surface area contributed by atoms with E-state index in [2.05, 4.69) is 16.5 Å². The molecule has 0 amide bonds. The first-order valence-corrected chi connectivity index (χ1v) is 7.48. The molecule has 2 fully saturated rings. The van der Waals surface area contributed by atoms with Crippen molar-refractivity contribution >= 4 is 11.9 Å². The summed E-state index contributed by atoms with van der Waals surface area (Å²) in [5.74, 6) is -1.20. The monoisotopic (exact) mass is 342 g/mol. The number of aromatic nitrogens is 2. The summed E-state index contributed by atoms with van der Waals surface area (Å²) < 4.78 is 38.4. The average molecular weight is 342 g/mol. The zero-order valence-electron chi connectivity index (χ0n) is 12.8. The highest BCUT2D eigenvalue weighted by molar-refractivity contribution is 5.78. The highest BCUT2D eigenvalue weighted by Gasteiger charge is 2.58. The molecule has 0 spiro atoms. The van der Waals surface area contributed by atoms with Crippen LogP contribution < -0.4 is 4.90 Å². The van der Waals surface area contributed by atoms with E-state index in [1.165, 1.54) is 0 Å². The summed E-state index contributed by atoms with van der Waals surface area (Å²) in [5, 5.41) is 9.71. The van der Waals surface area contributed by atoms with E-state index in [0.717, 1.165) is 12.3 Å². The van der Waals surface area contributed by atoms with Crippen LogP contribution in [0.1, 0.15) is 5.69 Å². The quantitative estimate of drug-likeness (QED) is 0.837. The molecule has 3 rings (SSSR count). The summed E-state index contributed by atoms with van der Waals surface area (Å²) in [6.45, 7) is 5.57. The number of anilines is 1. The van der Waals surface area contributed by atoms with Crippen LogP contribution in [0.25, 0.3) is 0 Å². The van der Waals surface area contributed by atoms with Crippen LogP contribution in [0.3, 0.4) is 0 Å². The lowest BCUT2D eigenvalue weighted by atomic mass is 9.81. The van der Waals surface area contributed by atoms with E-state index in [-0.39, 0.29) is 18.4 Å². The molecule has 0 saturated carbocycles. The lowest BCUT2D eigenvalue weighted by Crippen LogP contribution is -2.41. The highest BCUT2D eigenvalue weighted by atomic mass is 19.4. The molecule has 0 aliphatic carbocycles. The van der Waals surface area contributed by atoms with E-state index >= 15 is 0 Å². The molecule has 1 N–H and O–H groups in total. The SMILES string of the molecule is C=CCN1C[C@H]2CN(c3nccc(C(F)(F)F)n3)C[C@@]2(C(=O)O)C1. The van der Waals surface area contributed by atoms with Gasteiger partial charge in [0.15, 0.2) is 0 Å². The Morgan fingerprint density at radius 3 is 2.79 bits per heavy atom. The molecule has 0 aromatic carbocycles. The number of hydrogen-bond acceptors (Lipinski definition) is 5. The van der Waals surface area contributed by atoms with Crippen molar-refractivity contribution in [3.8, 4) is 0 Å². The smallest absolute Gasteiger partial charge is 0.433 e. The Kier molecular flexibility index (Phi) is 3.98. The van der Waals surface area contributed by atoms with Crippen LogP contribution in [-0.4, -0.2) is 58.7 Å². The lowest BCUT2D eigenvalue weighted by molar-refractivity contribution is -0.148. The maximum Gasteiger partial charge on any atom is 0.433 e. The number of carboxylic acid groups (broad SMARTS) is 1. The number of fused-ring (bicyclic) bond motifs is 1. The fourth-order valence-corrected chi connectivity index (χ4v) is 3.60. The van der Waals surface area contributed by atoms with Crippen LogP contribution in [0.5, 0.6) is 0 Å². The molecule has 2 saturated heterocycles. The van der Waals surface area contributed by atoms with Gasteiger partial charge in [0.25, 0.3) is 0 Å². The van der Waals surface area contributed by atoms with E-state index in [1.54, 1.807) is 11.0 Å². The van der Waals surface area contributed by atoms with Gasteiger partial charge in [-0.05, 0) is 6.07 Å². The second-order valence-electron chi connectivity index (χ2n) is 6.26. The Balaban J connectivity index is 1.85. The molecule has 2 atom stereocenters. The normalized spacial score (nSPS) is 27.3. The molecular formula is C15H17F3N4O2. The minimum absolute atomic E-state index is 0.0740. The molecule has 0 radical (unpaired) electrons. The van der Waals surface area contributed by atoms with Crippen molar-refractivity contribution in [3.63, 3.8) is 0 Å². The summed E-state index contributed by atoms with van der Waals surface area (Å²) in [7, 11) is 0. The number of hydrogen-bond donors (Lipinski definition) is 1. The number of nitrogens with zero attached hydrogens (tertiary/aromatic N) is 4. The van der Waals surface area contributed by atoms with Gasteiger partial charge in [-0.3, -0.25) is 9.69 Å². The maximum atomic E-state index is 12.8. The van der Waals surface area contributed by atoms with Gasteiger partial charge in [-0.25, -0.2) is 9.97 Å². The van der Waals surface area contributed by atoms with Crippen LogP contribution in [0, 0.1) is 11.3 Å². The molecule has 24 heavy (non-hydrogen) atoms. The Morgan fingerprint density at radius 2 is 2.21 bits per heavy atom. The predicted octanol–water partition coefficient (Wildman–Crippen LogP) is 1.50. The Bertz CT molecular complexity index is 666. The molecule has 2 aliphatic heterocycles. The zero-order chi connectivity index (χ0) is 17.5. The van der Waals surface area contributed by atoms with E-state index in [1.807, 2.05) is 4.90 Å².